The maximum atomic E-state index is 13.0. The molecular weight excluding hydrogens is 388 g/mol. The minimum Gasteiger partial charge on any atom is -0.497 e. The van der Waals surface area contributed by atoms with Gasteiger partial charge in [0.05, 0.1) is 24.3 Å². The van der Waals surface area contributed by atoms with Gasteiger partial charge in [0.1, 0.15) is 18.1 Å². The topological polar surface area (TPSA) is 71.8 Å². The summed E-state index contributed by atoms with van der Waals surface area (Å²) in [6, 6.07) is 18.4. The molecule has 1 aliphatic heterocycles. The summed E-state index contributed by atoms with van der Waals surface area (Å²) in [5, 5.41) is 2.71. The second kappa shape index (κ2) is 8.45. The number of carbonyl (C=O) groups excluding carboxylic acids is 2. The predicted molar refractivity (Wildman–Crippen MR) is 112 cm³/mol. The molecule has 148 valence electrons. The molecule has 2 amide bonds. The van der Waals surface area contributed by atoms with E-state index in [0.717, 1.165) is 16.3 Å². The number of rotatable bonds is 5. The Bertz CT molecular complexity index is 1000. The van der Waals surface area contributed by atoms with Gasteiger partial charge in [0.15, 0.2) is 0 Å². The van der Waals surface area contributed by atoms with Gasteiger partial charge in [-0.3, -0.25) is 9.59 Å². The van der Waals surface area contributed by atoms with Crippen LogP contribution in [0.4, 0.5) is 11.4 Å². The number of hydrogen-bond donors (Lipinski definition) is 1. The van der Waals surface area contributed by atoms with Gasteiger partial charge >= 0.3 is 0 Å². The maximum absolute atomic E-state index is 13.0. The summed E-state index contributed by atoms with van der Waals surface area (Å²) in [5.41, 5.74) is 1.38. The second-order valence-electron chi connectivity index (χ2n) is 6.55. The molecule has 2 heterocycles. The first-order chi connectivity index (χ1) is 14.1. The summed E-state index contributed by atoms with van der Waals surface area (Å²) in [6.07, 6.45) is 1.86. The highest BCUT2D eigenvalue weighted by Gasteiger charge is 2.31. The molecule has 0 bridgehead atoms. The number of hydrogen-bond acceptors (Lipinski definition) is 5. The van der Waals surface area contributed by atoms with E-state index >= 15 is 0 Å². The Labute approximate surface area is 172 Å². The highest BCUT2D eigenvalue weighted by Crippen LogP contribution is 2.45. The molecule has 4 rings (SSSR count). The van der Waals surface area contributed by atoms with E-state index in [9.17, 15) is 9.59 Å². The first kappa shape index (κ1) is 19.1. The molecule has 0 unspecified atom stereocenters. The molecule has 7 heteroatoms. The average molecular weight is 408 g/mol. The van der Waals surface area contributed by atoms with Gasteiger partial charge in [0.25, 0.3) is 0 Å². The van der Waals surface area contributed by atoms with Gasteiger partial charge < -0.3 is 19.4 Å². The maximum Gasteiger partial charge on any atom is 0.244 e. The number of ether oxygens (including phenoxy) is 1. The number of carbonyl (C=O) groups is 2. The molecule has 6 nitrogen and oxygen atoms in total. The van der Waals surface area contributed by atoms with E-state index in [0.29, 0.717) is 11.4 Å². The van der Waals surface area contributed by atoms with Crippen LogP contribution < -0.4 is 15.0 Å². The number of furan rings is 1. The van der Waals surface area contributed by atoms with Gasteiger partial charge in [0, 0.05) is 17.0 Å². The Morgan fingerprint density at radius 3 is 2.69 bits per heavy atom. The molecule has 2 aromatic carbocycles. The van der Waals surface area contributed by atoms with Crippen molar-refractivity contribution in [1.29, 1.82) is 0 Å². The largest absolute Gasteiger partial charge is 0.497 e. The van der Waals surface area contributed by atoms with Crippen molar-refractivity contribution in [2.24, 2.45) is 0 Å². The van der Waals surface area contributed by atoms with Crippen molar-refractivity contribution in [3.8, 4) is 5.75 Å². The van der Waals surface area contributed by atoms with Crippen LogP contribution in [-0.4, -0.2) is 25.5 Å². The smallest absolute Gasteiger partial charge is 0.244 e. The van der Waals surface area contributed by atoms with Crippen LogP contribution in [0.15, 0.2) is 76.2 Å². The number of thioether (sulfide) groups is 1. The Balaban J connectivity index is 1.54. The molecule has 1 atom stereocenters. The zero-order valence-electron chi connectivity index (χ0n) is 15.8. The van der Waals surface area contributed by atoms with E-state index in [1.54, 1.807) is 54.3 Å². The molecular formula is C22H20N2O4S. The Morgan fingerprint density at radius 2 is 1.97 bits per heavy atom. The molecule has 0 saturated carbocycles. The fourth-order valence-electron chi connectivity index (χ4n) is 3.20. The van der Waals surface area contributed by atoms with E-state index in [4.69, 9.17) is 9.15 Å². The normalized spacial score (nSPS) is 16.1. The van der Waals surface area contributed by atoms with E-state index < -0.39 is 0 Å². The molecule has 0 spiro atoms. The zero-order chi connectivity index (χ0) is 20.2. The summed E-state index contributed by atoms with van der Waals surface area (Å²) in [7, 11) is 1.59. The Morgan fingerprint density at radius 1 is 1.17 bits per heavy atom. The summed E-state index contributed by atoms with van der Waals surface area (Å²) in [4.78, 5) is 28.2. The van der Waals surface area contributed by atoms with Crippen LogP contribution in [0.5, 0.6) is 5.75 Å². The fourth-order valence-corrected chi connectivity index (χ4v) is 4.44. The van der Waals surface area contributed by atoms with Crippen LogP contribution in [0.2, 0.25) is 0 Å². The predicted octanol–water partition coefficient (Wildman–Crippen LogP) is 4.50. The van der Waals surface area contributed by atoms with Crippen molar-refractivity contribution >= 4 is 35.0 Å². The number of fused-ring (bicyclic) bond motifs is 1. The van der Waals surface area contributed by atoms with Crippen LogP contribution in [-0.2, 0) is 9.59 Å². The van der Waals surface area contributed by atoms with Crippen molar-refractivity contribution in [1.82, 2.24) is 0 Å². The Hall–Kier alpha value is -3.19. The molecule has 0 aliphatic carbocycles. The number of nitrogens with one attached hydrogen (secondary N) is 1. The standard InChI is InChI=1S/C22H20N2O4S/c1-27-16-10-8-15(9-11-16)23-21(25)14-24-17-5-2-3-7-19(17)29-20(13-22(24)26)18-6-4-12-28-18/h2-12,20H,13-14H2,1H3,(H,23,25)/t20-/m1/s1. The van der Waals surface area contributed by atoms with Crippen molar-refractivity contribution in [2.75, 3.05) is 23.9 Å². The number of para-hydroxylation sites is 1. The van der Waals surface area contributed by atoms with Gasteiger partial charge in [-0.1, -0.05) is 12.1 Å². The van der Waals surface area contributed by atoms with E-state index in [1.807, 2.05) is 36.4 Å². The third-order valence-corrected chi connectivity index (χ3v) is 5.91. The van der Waals surface area contributed by atoms with Crippen LogP contribution in [0, 0.1) is 0 Å². The van der Waals surface area contributed by atoms with Crippen LogP contribution >= 0.6 is 11.8 Å². The average Bonchev–Trinajstić information content (AvgIpc) is 3.23. The molecule has 1 aliphatic rings. The van der Waals surface area contributed by atoms with E-state index in [1.165, 1.54) is 0 Å². The molecule has 3 aromatic rings. The first-order valence-electron chi connectivity index (χ1n) is 9.17. The first-order valence-corrected chi connectivity index (χ1v) is 10.1. The second-order valence-corrected chi connectivity index (χ2v) is 7.79. The molecule has 1 aromatic heterocycles. The highest BCUT2D eigenvalue weighted by atomic mass is 32.2. The van der Waals surface area contributed by atoms with Crippen LogP contribution in [0.1, 0.15) is 17.4 Å². The lowest BCUT2D eigenvalue weighted by molar-refractivity contribution is -0.121. The summed E-state index contributed by atoms with van der Waals surface area (Å²) in [6.45, 7) is -0.0622. The molecule has 0 fully saturated rings. The minimum absolute atomic E-state index is 0.0622. The lowest BCUT2D eigenvalue weighted by atomic mass is 10.2. The number of methoxy groups -OCH3 is 1. The van der Waals surface area contributed by atoms with Crippen LogP contribution in [0.25, 0.3) is 0 Å². The number of anilines is 2. The van der Waals surface area contributed by atoms with E-state index in [-0.39, 0.29) is 30.0 Å². The molecule has 0 radical (unpaired) electrons. The van der Waals surface area contributed by atoms with Crippen LogP contribution in [0.3, 0.4) is 0 Å². The zero-order valence-corrected chi connectivity index (χ0v) is 16.6. The minimum atomic E-state index is -0.264. The molecule has 29 heavy (non-hydrogen) atoms. The summed E-state index contributed by atoms with van der Waals surface area (Å²) in [5.74, 6) is 1.08. The number of nitrogens with zero attached hydrogens (tertiary/aromatic N) is 1. The van der Waals surface area contributed by atoms with Gasteiger partial charge in [-0.25, -0.2) is 0 Å². The van der Waals surface area contributed by atoms with Gasteiger partial charge in [-0.2, -0.15) is 0 Å². The Kier molecular flexibility index (Phi) is 5.57. The summed E-state index contributed by atoms with van der Waals surface area (Å²) < 4.78 is 10.7. The third-order valence-electron chi connectivity index (χ3n) is 4.62. The summed E-state index contributed by atoms with van der Waals surface area (Å²) >= 11 is 1.58. The highest BCUT2D eigenvalue weighted by molar-refractivity contribution is 7.99. The van der Waals surface area contributed by atoms with Crippen molar-refractivity contribution < 1.29 is 18.7 Å². The van der Waals surface area contributed by atoms with Gasteiger partial charge in [0.2, 0.25) is 11.8 Å². The fraction of sp³-hybridized carbons (Fsp3) is 0.182. The molecule has 0 saturated heterocycles. The van der Waals surface area contributed by atoms with Gasteiger partial charge in [-0.05, 0) is 48.5 Å². The van der Waals surface area contributed by atoms with Crippen molar-refractivity contribution in [3.63, 3.8) is 0 Å². The monoisotopic (exact) mass is 408 g/mol. The quantitative estimate of drug-likeness (QED) is 0.673. The molecule has 1 N–H and O–H groups in total. The van der Waals surface area contributed by atoms with Gasteiger partial charge in [-0.15, -0.1) is 11.8 Å². The number of amides is 2. The SMILES string of the molecule is COc1ccc(NC(=O)CN2C(=O)C[C@H](c3ccco3)Sc3ccccc32)cc1. The van der Waals surface area contributed by atoms with Crippen molar-refractivity contribution in [2.45, 2.75) is 16.6 Å². The van der Waals surface area contributed by atoms with Crippen molar-refractivity contribution in [3.05, 3.63) is 72.7 Å². The van der Waals surface area contributed by atoms with E-state index in [2.05, 4.69) is 5.32 Å². The third kappa shape index (κ3) is 4.30. The lowest BCUT2D eigenvalue weighted by Crippen LogP contribution is -2.38. The number of benzene rings is 2. The lowest BCUT2D eigenvalue weighted by Gasteiger charge is -2.22.